The van der Waals surface area contributed by atoms with Crippen LogP contribution in [0.2, 0.25) is 0 Å². The summed E-state index contributed by atoms with van der Waals surface area (Å²) in [5, 5.41) is 3.59. The van der Waals surface area contributed by atoms with Gasteiger partial charge in [-0.25, -0.2) is 0 Å². The van der Waals surface area contributed by atoms with Crippen LogP contribution < -0.4 is 5.32 Å². The van der Waals surface area contributed by atoms with Gasteiger partial charge in [0.25, 0.3) is 0 Å². The predicted molar refractivity (Wildman–Crippen MR) is 102 cm³/mol. The number of hydrogen-bond donors (Lipinski definition) is 1. The van der Waals surface area contributed by atoms with E-state index in [1.807, 2.05) is 0 Å². The maximum Gasteiger partial charge on any atom is 0.0208 e. The summed E-state index contributed by atoms with van der Waals surface area (Å²) in [6, 6.07) is 17.6. The van der Waals surface area contributed by atoms with Gasteiger partial charge >= 0.3 is 0 Å². The zero-order chi connectivity index (χ0) is 16.5. The molecule has 2 aromatic rings. The molecule has 0 radical (unpaired) electrons. The molecule has 0 bridgehead atoms. The van der Waals surface area contributed by atoms with Gasteiger partial charge in [-0.3, -0.25) is 0 Å². The van der Waals surface area contributed by atoms with E-state index < -0.39 is 0 Å². The molecule has 1 N–H and O–H groups in total. The molecular formula is C22H29N. The third kappa shape index (κ3) is 5.37. The van der Waals surface area contributed by atoms with Crippen LogP contribution in [0, 0.1) is 6.92 Å². The molecule has 0 unspecified atom stereocenters. The van der Waals surface area contributed by atoms with Crippen molar-refractivity contribution < 1.29 is 0 Å². The maximum absolute atomic E-state index is 3.59. The minimum absolute atomic E-state index is 0.941. The molecule has 1 heteroatoms. The van der Waals surface area contributed by atoms with Crippen LogP contribution in [-0.4, -0.2) is 13.1 Å². The largest absolute Gasteiger partial charge is 0.313 e. The van der Waals surface area contributed by atoms with Gasteiger partial charge in [-0.05, 0) is 67.5 Å². The quantitative estimate of drug-likeness (QED) is 0.662. The molecule has 0 saturated heterocycles. The molecule has 0 aliphatic carbocycles. The van der Waals surface area contributed by atoms with Crippen molar-refractivity contribution in [1.82, 2.24) is 5.32 Å². The monoisotopic (exact) mass is 307 g/mol. The first-order valence-corrected chi connectivity index (χ1v) is 8.74. The molecular weight excluding hydrogens is 278 g/mol. The Labute approximate surface area is 141 Å². The van der Waals surface area contributed by atoms with Gasteiger partial charge < -0.3 is 5.32 Å². The van der Waals surface area contributed by atoms with E-state index in [-0.39, 0.29) is 0 Å². The van der Waals surface area contributed by atoms with Crippen molar-refractivity contribution in [3.8, 4) is 0 Å². The standard InChI is InChI=1S/C22H29N/c1-4-19-11-8-12-20(16-19)13-9-15-23-17-21(5-2)22-14-7-6-10-18(22)3/h5-8,10-12,14,16,23H,4,9,13,15,17H2,1-3H3/b21-5-. The third-order valence-corrected chi connectivity index (χ3v) is 4.37. The topological polar surface area (TPSA) is 12.0 Å². The summed E-state index contributed by atoms with van der Waals surface area (Å²) < 4.78 is 0. The lowest BCUT2D eigenvalue weighted by molar-refractivity contribution is 0.696. The molecule has 0 aliphatic rings. The Balaban J connectivity index is 1.77. The molecule has 2 aromatic carbocycles. The van der Waals surface area contributed by atoms with Gasteiger partial charge in [-0.1, -0.05) is 61.5 Å². The van der Waals surface area contributed by atoms with Crippen LogP contribution >= 0.6 is 0 Å². The van der Waals surface area contributed by atoms with Gasteiger partial charge in [-0.15, -0.1) is 0 Å². The van der Waals surface area contributed by atoms with Crippen molar-refractivity contribution in [2.75, 3.05) is 13.1 Å². The highest BCUT2D eigenvalue weighted by Gasteiger charge is 2.03. The number of allylic oxidation sites excluding steroid dienone is 1. The van der Waals surface area contributed by atoms with E-state index in [1.54, 1.807) is 0 Å². The Kier molecular flexibility index (Phi) is 7.09. The summed E-state index contributed by atoms with van der Waals surface area (Å²) >= 11 is 0. The molecule has 0 aromatic heterocycles. The molecule has 0 spiro atoms. The van der Waals surface area contributed by atoms with Crippen molar-refractivity contribution in [2.45, 2.75) is 40.0 Å². The molecule has 122 valence electrons. The van der Waals surface area contributed by atoms with Crippen LogP contribution in [0.25, 0.3) is 5.57 Å². The van der Waals surface area contributed by atoms with Gasteiger partial charge in [0.15, 0.2) is 0 Å². The molecule has 0 atom stereocenters. The number of hydrogen-bond acceptors (Lipinski definition) is 1. The Morgan fingerprint density at radius 3 is 2.57 bits per heavy atom. The number of benzene rings is 2. The van der Waals surface area contributed by atoms with Crippen LogP contribution in [0.15, 0.2) is 54.6 Å². The number of nitrogens with one attached hydrogen (secondary N) is 1. The van der Waals surface area contributed by atoms with E-state index in [0.717, 1.165) is 25.9 Å². The Hall–Kier alpha value is -1.86. The van der Waals surface area contributed by atoms with Crippen LogP contribution in [0.5, 0.6) is 0 Å². The summed E-state index contributed by atoms with van der Waals surface area (Å²) in [6.45, 7) is 8.51. The molecule has 0 heterocycles. The average molecular weight is 307 g/mol. The van der Waals surface area contributed by atoms with Crippen LogP contribution in [0.3, 0.4) is 0 Å². The summed E-state index contributed by atoms with van der Waals surface area (Å²) in [7, 11) is 0. The molecule has 0 saturated carbocycles. The van der Waals surface area contributed by atoms with Crippen LogP contribution in [0.1, 0.15) is 42.5 Å². The van der Waals surface area contributed by atoms with Crippen molar-refractivity contribution in [3.05, 3.63) is 76.9 Å². The van der Waals surface area contributed by atoms with E-state index in [9.17, 15) is 0 Å². The Morgan fingerprint density at radius 2 is 1.83 bits per heavy atom. The smallest absolute Gasteiger partial charge is 0.0208 e. The maximum atomic E-state index is 3.59. The molecule has 0 amide bonds. The second-order valence-corrected chi connectivity index (χ2v) is 6.08. The molecule has 1 nitrogen and oxygen atoms in total. The van der Waals surface area contributed by atoms with Crippen molar-refractivity contribution in [2.24, 2.45) is 0 Å². The third-order valence-electron chi connectivity index (χ3n) is 4.37. The van der Waals surface area contributed by atoms with Crippen molar-refractivity contribution in [1.29, 1.82) is 0 Å². The molecule has 23 heavy (non-hydrogen) atoms. The highest BCUT2D eigenvalue weighted by atomic mass is 14.8. The van der Waals surface area contributed by atoms with Gasteiger partial charge in [0.05, 0.1) is 0 Å². The van der Waals surface area contributed by atoms with E-state index in [2.05, 4.69) is 80.7 Å². The van der Waals surface area contributed by atoms with Gasteiger partial charge in [0, 0.05) is 6.54 Å². The highest BCUT2D eigenvalue weighted by molar-refractivity contribution is 5.69. The van der Waals surface area contributed by atoms with Crippen molar-refractivity contribution >= 4 is 5.57 Å². The summed E-state index contributed by atoms with van der Waals surface area (Å²) in [6.07, 6.45) is 5.67. The minimum atomic E-state index is 0.941. The van der Waals surface area contributed by atoms with Crippen LogP contribution in [0.4, 0.5) is 0 Å². The Bertz CT molecular complexity index is 640. The Morgan fingerprint density at radius 1 is 1.04 bits per heavy atom. The molecule has 0 fully saturated rings. The van der Waals surface area contributed by atoms with Gasteiger partial charge in [-0.2, -0.15) is 0 Å². The van der Waals surface area contributed by atoms with E-state index >= 15 is 0 Å². The predicted octanol–water partition coefficient (Wildman–Crippen LogP) is 5.18. The van der Waals surface area contributed by atoms with Gasteiger partial charge in [0.2, 0.25) is 0 Å². The summed E-state index contributed by atoms with van der Waals surface area (Å²) in [4.78, 5) is 0. The van der Waals surface area contributed by atoms with E-state index in [0.29, 0.717) is 0 Å². The number of rotatable bonds is 8. The minimum Gasteiger partial charge on any atom is -0.313 e. The number of aryl methyl sites for hydroxylation is 3. The first-order chi connectivity index (χ1) is 11.2. The first-order valence-electron chi connectivity index (χ1n) is 8.74. The van der Waals surface area contributed by atoms with Crippen molar-refractivity contribution in [3.63, 3.8) is 0 Å². The zero-order valence-corrected chi connectivity index (χ0v) is 14.7. The van der Waals surface area contributed by atoms with E-state index in [4.69, 9.17) is 0 Å². The molecule has 2 rings (SSSR count). The lowest BCUT2D eigenvalue weighted by atomic mass is 10.0. The first kappa shape index (κ1) is 17.5. The normalized spacial score (nSPS) is 11.7. The fraction of sp³-hybridized carbons (Fsp3) is 0.364. The van der Waals surface area contributed by atoms with Crippen LogP contribution in [-0.2, 0) is 12.8 Å². The highest BCUT2D eigenvalue weighted by Crippen LogP contribution is 2.17. The summed E-state index contributed by atoms with van der Waals surface area (Å²) in [5.74, 6) is 0. The average Bonchev–Trinajstić information content (AvgIpc) is 2.59. The molecule has 0 aliphatic heterocycles. The summed E-state index contributed by atoms with van der Waals surface area (Å²) in [5.41, 5.74) is 6.98. The lowest BCUT2D eigenvalue weighted by Gasteiger charge is -2.12. The van der Waals surface area contributed by atoms with E-state index in [1.165, 1.54) is 34.2 Å². The second kappa shape index (κ2) is 9.32. The lowest BCUT2D eigenvalue weighted by Crippen LogP contribution is -2.18. The fourth-order valence-corrected chi connectivity index (χ4v) is 2.93. The SMILES string of the molecule is C/C=C(/CNCCCc1cccc(CC)c1)c1ccccc1C. The zero-order valence-electron chi connectivity index (χ0n) is 14.7. The fourth-order valence-electron chi connectivity index (χ4n) is 2.93. The van der Waals surface area contributed by atoms with Gasteiger partial charge in [0.1, 0.15) is 0 Å². The second-order valence-electron chi connectivity index (χ2n) is 6.08.